The van der Waals surface area contributed by atoms with Gasteiger partial charge in [0.05, 0.1) is 15.8 Å². The van der Waals surface area contributed by atoms with Gasteiger partial charge in [-0.05, 0) is 44.5 Å². The van der Waals surface area contributed by atoms with Crippen molar-refractivity contribution in [2.24, 2.45) is 0 Å². The van der Waals surface area contributed by atoms with E-state index in [1.165, 1.54) is 11.1 Å². The van der Waals surface area contributed by atoms with Gasteiger partial charge < -0.3 is 9.84 Å². The van der Waals surface area contributed by atoms with Crippen molar-refractivity contribution in [1.82, 2.24) is 4.90 Å². The summed E-state index contributed by atoms with van der Waals surface area (Å²) in [6, 6.07) is 3.89. The Kier molecular flexibility index (Phi) is 2.19. The SMILES string of the molecule is CN1CC[C@]23c4c5ccc(O)c4O[C@H]2[C@H](Br)C=C[C@]13CC5. The van der Waals surface area contributed by atoms with Crippen LogP contribution in [0, 0.1) is 0 Å². The minimum atomic E-state index is -0.00762. The number of rotatable bonds is 0. The zero-order chi connectivity index (χ0) is 14.4. The minimum absolute atomic E-state index is 0.00762. The van der Waals surface area contributed by atoms with E-state index < -0.39 is 0 Å². The Balaban J connectivity index is 1.89. The number of likely N-dealkylation sites (tertiary alicyclic amines) is 1. The number of ether oxygens (including phenoxy) is 1. The van der Waals surface area contributed by atoms with E-state index in [2.05, 4.69) is 46.1 Å². The van der Waals surface area contributed by atoms with Crippen molar-refractivity contribution in [2.45, 2.75) is 41.1 Å². The Morgan fingerprint density at radius 2 is 2.24 bits per heavy atom. The van der Waals surface area contributed by atoms with Gasteiger partial charge in [0.2, 0.25) is 0 Å². The van der Waals surface area contributed by atoms with Gasteiger partial charge in [0.1, 0.15) is 6.10 Å². The maximum Gasteiger partial charge on any atom is 0.165 e. The Labute approximate surface area is 132 Å². The average Bonchev–Trinajstić information content (AvgIpc) is 2.99. The number of phenols is 1. The Morgan fingerprint density at radius 1 is 1.38 bits per heavy atom. The first-order chi connectivity index (χ1) is 10.1. The molecule has 0 aromatic heterocycles. The molecule has 1 spiro atoms. The molecule has 0 saturated carbocycles. The molecule has 21 heavy (non-hydrogen) atoms. The third-order valence-corrected chi connectivity index (χ3v) is 7.10. The zero-order valence-corrected chi connectivity index (χ0v) is 13.6. The van der Waals surface area contributed by atoms with Crippen LogP contribution in [0.25, 0.3) is 0 Å². The van der Waals surface area contributed by atoms with Crippen molar-refractivity contribution in [1.29, 1.82) is 0 Å². The van der Waals surface area contributed by atoms with E-state index in [4.69, 9.17) is 4.74 Å². The van der Waals surface area contributed by atoms with E-state index in [-0.39, 0.29) is 21.9 Å². The molecule has 5 rings (SSSR count). The summed E-state index contributed by atoms with van der Waals surface area (Å²) in [4.78, 5) is 2.70. The number of benzene rings is 1. The van der Waals surface area contributed by atoms with Gasteiger partial charge in [0.25, 0.3) is 0 Å². The van der Waals surface area contributed by atoms with E-state index >= 15 is 0 Å². The van der Waals surface area contributed by atoms with Gasteiger partial charge in [-0.3, -0.25) is 4.90 Å². The van der Waals surface area contributed by atoms with Gasteiger partial charge in [-0.2, -0.15) is 0 Å². The van der Waals surface area contributed by atoms with E-state index in [1.807, 2.05) is 0 Å². The van der Waals surface area contributed by atoms with Gasteiger partial charge in [-0.15, -0.1) is 0 Å². The molecule has 110 valence electrons. The largest absolute Gasteiger partial charge is 0.504 e. The summed E-state index contributed by atoms with van der Waals surface area (Å²) in [5.41, 5.74) is 2.70. The number of alkyl halides is 1. The van der Waals surface area contributed by atoms with E-state index in [1.54, 1.807) is 6.07 Å². The van der Waals surface area contributed by atoms with Crippen molar-refractivity contribution >= 4 is 15.9 Å². The van der Waals surface area contributed by atoms with Crippen LogP contribution in [0.3, 0.4) is 0 Å². The first-order valence-corrected chi connectivity index (χ1v) is 8.58. The molecule has 1 saturated heterocycles. The molecule has 0 unspecified atom stereocenters. The number of likely N-dealkylation sites (N-methyl/N-ethyl adjacent to an activating group) is 1. The van der Waals surface area contributed by atoms with Crippen LogP contribution in [0.2, 0.25) is 0 Å². The number of phenolic OH excluding ortho intramolecular Hbond substituents is 1. The zero-order valence-electron chi connectivity index (χ0n) is 12.0. The Morgan fingerprint density at radius 3 is 3.10 bits per heavy atom. The molecule has 0 radical (unpaired) electrons. The third-order valence-electron chi connectivity index (χ3n) is 6.32. The van der Waals surface area contributed by atoms with Crippen molar-refractivity contribution in [3.05, 3.63) is 35.4 Å². The van der Waals surface area contributed by atoms with Crippen LogP contribution in [0.15, 0.2) is 24.3 Å². The quantitative estimate of drug-likeness (QED) is 0.578. The molecule has 1 aromatic carbocycles. The van der Waals surface area contributed by atoms with Crippen LogP contribution in [-0.4, -0.2) is 40.1 Å². The topological polar surface area (TPSA) is 32.7 Å². The number of hydrogen-bond donors (Lipinski definition) is 1. The Bertz CT molecular complexity index is 688. The number of aromatic hydroxyl groups is 1. The monoisotopic (exact) mass is 347 g/mol. The van der Waals surface area contributed by atoms with Crippen LogP contribution >= 0.6 is 15.9 Å². The number of halogens is 1. The highest BCUT2D eigenvalue weighted by molar-refractivity contribution is 9.09. The second-order valence-corrected chi connectivity index (χ2v) is 7.91. The lowest BCUT2D eigenvalue weighted by Crippen LogP contribution is -2.64. The van der Waals surface area contributed by atoms with Crippen molar-refractivity contribution in [2.75, 3.05) is 13.6 Å². The lowest BCUT2D eigenvalue weighted by molar-refractivity contribution is 0.0549. The molecular weight excluding hydrogens is 330 g/mol. The van der Waals surface area contributed by atoms with Crippen molar-refractivity contribution < 1.29 is 9.84 Å². The highest BCUT2D eigenvalue weighted by atomic mass is 79.9. The fraction of sp³-hybridized carbons (Fsp3) is 0.529. The molecule has 0 bridgehead atoms. The van der Waals surface area contributed by atoms with Gasteiger partial charge >= 0.3 is 0 Å². The third kappa shape index (κ3) is 1.15. The maximum atomic E-state index is 10.3. The van der Waals surface area contributed by atoms with Crippen LogP contribution < -0.4 is 4.74 Å². The summed E-state index contributed by atoms with van der Waals surface area (Å²) in [6.45, 7) is 1.08. The lowest BCUT2D eigenvalue weighted by Gasteiger charge is -2.53. The van der Waals surface area contributed by atoms with Gasteiger partial charge in [-0.1, -0.05) is 34.1 Å². The molecule has 2 heterocycles. The van der Waals surface area contributed by atoms with Crippen molar-refractivity contribution in [3.63, 3.8) is 0 Å². The van der Waals surface area contributed by atoms with Gasteiger partial charge in [-0.25, -0.2) is 0 Å². The standard InChI is InChI=1S/C17H18BrNO2/c1-19-9-8-17-13-10-2-3-12(20)14(13)21-15(17)11(18)5-7-16(17,19)6-4-10/h2-3,5,7,11,15,20H,4,6,8-9H2,1H3/t11-,15+,16+,17+/m1/s1. The van der Waals surface area contributed by atoms with Crippen LogP contribution in [0.5, 0.6) is 11.5 Å². The van der Waals surface area contributed by atoms with Gasteiger partial charge in [0, 0.05) is 5.56 Å². The molecule has 4 heteroatoms. The lowest BCUT2D eigenvalue weighted by atomic mass is 9.55. The molecule has 1 aromatic rings. The van der Waals surface area contributed by atoms with Crippen molar-refractivity contribution in [3.8, 4) is 11.5 Å². The van der Waals surface area contributed by atoms with E-state index in [9.17, 15) is 5.11 Å². The average molecular weight is 348 g/mol. The molecule has 2 aliphatic heterocycles. The molecule has 1 N–H and O–H groups in total. The second kappa shape index (κ2) is 3.66. The highest BCUT2D eigenvalue weighted by Gasteiger charge is 2.70. The molecule has 3 nitrogen and oxygen atoms in total. The summed E-state index contributed by atoms with van der Waals surface area (Å²) >= 11 is 3.79. The maximum absolute atomic E-state index is 10.3. The molecule has 4 aliphatic rings. The smallest absolute Gasteiger partial charge is 0.165 e. The van der Waals surface area contributed by atoms with E-state index in [0.717, 1.165) is 31.6 Å². The van der Waals surface area contributed by atoms with Gasteiger partial charge in [0.15, 0.2) is 11.5 Å². The number of nitrogens with zero attached hydrogens (tertiary/aromatic N) is 1. The fourth-order valence-electron chi connectivity index (χ4n) is 5.42. The molecule has 1 fully saturated rings. The summed E-state index contributed by atoms with van der Waals surface area (Å²) in [5, 5.41) is 10.3. The van der Waals surface area contributed by atoms with E-state index in [0.29, 0.717) is 5.75 Å². The summed E-state index contributed by atoms with van der Waals surface area (Å²) in [6.07, 6.45) is 8.03. The van der Waals surface area contributed by atoms with Crippen LogP contribution in [0.1, 0.15) is 24.0 Å². The summed E-state index contributed by atoms with van der Waals surface area (Å²) in [7, 11) is 2.23. The van der Waals surface area contributed by atoms with Crippen LogP contribution in [0.4, 0.5) is 0 Å². The number of hydrogen-bond acceptors (Lipinski definition) is 3. The molecule has 4 atom stereocenters. The molecule has 0 amide bonds. The molecular formula is C17H18BrNO2. The predicted octanol–water partition coefficient (Wildman–Crippen LogP) is 2.74. The fourth-order valence-corrected chi connectivity index (χ4v) is 6.13. The summed E-state index contributed by atoms with van der Waals surface area (Å²) in [5.74, 6) is 1.03. The summed E-state index contributed by atoms with van der Waals surface area (Å²) < 4.78 is 6.32. The number of aryl methyl sites for hydroxylation is 1. The molecule has 2 aliphatic carbocycles. The Hall–Kier alpha value is -1.00. The highest BCUT2D eigenvalue weighted by Crippen LogP contribution is 2.66. The first kappa shape index (κ1) is 12.5. The normalized spacial score (nSPS) is 42.6. The first-order valence-electron chi connectivity index (χ1n) is 7.67. The minimum Gasteiger partial charge on any atom is -0.504 e. The predicted molar refractivity (Wildman–Crippen MR) is 84.4 cm³/mol. The van der Waals surface area contributed by atoms with Crippen LogP contribution in [-0.2, 0) is 11.8 Å². The second-order valence-electron chi connectivity index (χ2n) is 6.86.